The van der Waals surface area contributed by atoms with Crippen LogP contribution in [0.4, 0.5) is 4.79 Å². The van der Waals surface area contributed by atoms with Crippen LogP contribution in [0, 0.1) is 18.3 Å². The number of piperidine rings is 1. The van der Waals surface area contributed by atoms with Gasteiger partial charge < -0.3 is 19.7 Å². The summed E-state index contributed by atoms with van der Waals surface area (Å²) in [7, 11) is 1.64. The molecule has 0 bridgehead atoms. The topological polar surface area (TPSA) is 50.8 Å². The van der Waals surface area contributed by atoms with E-state index in [1.54, 1.807) is 7.11 Å². The summed E-state index contributed by atoms with van der Waals surface area (Å²) in [5, 5.41) is 2.97. The van der Waals surface area contributed by atoms with E-state index in [9.17, 15) is 4.79 Å². The van der Waals surface area contributed by atoms with Gasteiger partial charge >= 0.3 is 6.03 Å². The summed E-state index contributed by atoms with van der Waals surface area (Å²) in [5.41, 5.74) is 1.05. The molecule has 23 heavy (non-hydrogen) atoms. The zero-order valence-electron chi connectivity index (χ0n) is 13.6. The lowest BCUT2D eigenvalue weighted by atomic mass is 9.99. The molecule has 124 valence electrons. The molecule has 1 saturated heterocycles. The third-order valence-electron chi connectivity index (χ3n) is 3.95. The fraction of sp³-hybridized carbons (Fsp3) is 0.500. The van der Waals surface area contributed by atoms with Crippen LogP contribution in [0.25, 0.3) is 0 Å². The first-order chi connectivity index (χ1) is 11.2. The van der Waals surface area contributed by atoms with Gasteiger partial charge in [0, 0.05) is 25.6 Å². The number of benzene rings is 1. The molecule has 2 rings (SSSR count). The third kappa shape index (κ3) is 5.50. The molecule has 1 atom stereocenters. The van der Waals surface area contributed by atoms with Crippen molar-refractivity contribution in [2.75, 3.05) is 33.4 Å². The van der Waals surface area contributed by atoms with Crippen LogP contribution in [0.15, 0.2) is 24.3 Å². The molecule has 1 heterocycles. The van der Waals surface area contributed by atoms with Gasteiger partial charge in [0.2, 0.25) is 0 Å². The number of amides is 2. The quantitative estimate of drug-likeness (QED) is 0.647. The maximum atomic E-state index is 12.3. The molecular formula is C18H24N2O3. The number of hydrogen-bond acceptors (Lipinski definition) is 3. The minimum atomic E-state index is -0.0255. The summed E-state index contributed by atoms with van der Waals surface area (Å²) in [6, 6.07) is 7.66. The Morgan fingerprint density at radius 3 is 2.91 bits per heavy atom. The van der Waals surface area contributed by atoms with E-state index in [1.807, 2.05) is 29.2 Å². The third-order valence-corrected chi connectivity index (χ3v) is 3.95. The van der Waals surface area contributed by atoms with Gasteiger partial charge in [-0.15, -0.1) is 6.42 Å². The van der Waals surface area contributed by atoms with Gasteiger partial charge in [0.15, 0.2) is 0 Å². The van der Waals surface area contributed by atoms with Crippen LogP contribution in [0.5, 0.6) is 5.75 Å². The molecule has 1 aliphatic heterocycles. The lowest BCUT2D eigenvalue weighted by molar-refractivity contribution is 0.0857. The van der Waals surface area contributed by atoms with Gasteiger partial charge in [-0.05, 0) is 30.5 Å². The first-order valence-electron chi connectivity index (χ1n) is 7.90. The predicted octanol–water partition coefficient (Wildman–Crippen LogP) is 2.27. The van der Waals surface area contributed by atoms with Crippen molar-refractivity contribution in [1.29, 1.82) is 0 Å². The lowest BCUT2D eigenvalue weighted by Crippen LogP contribution is -2.46. The zero-order valence-corrected chi connectivity index (χ0v) is 13.6. The number of nitrogens with one attached hydrogen (secondary N) is 1. The number of carbonyl (C=O) groups is 1. The molecule has 5 heteroatoms. The summed E-state index contributed by atoms with van der Waals surface area (Å²) < 4.78 is 10.5. The number of ether oxygens (including phenoxy) is 2. The second-order valence-electron chi connectivity index (χ2n) is 5.68. The molecule has 0 saturated carbocycles. The molecule has 1 fully saturated rings. The number of methoxy groups -OCH3 is 1. The van der Waals surface area contributed by atoms with Crippen LogP contribution in [0.2, 0.25) is 0 Å². The van der Waals surface area contributed by atoms with Crippen LogP contribution in [-0.2, 0) is 11.3 Å². The van der Waals surface area contributed by atoms with E-state index in [2.05, 4.69) is 11.2 Å². The van der Waals surface area contributed by atoms with Gasteiger partial charge in [-0.25, -0.2) is 4.79 Å². The normalized spacial score (nSPS) is 17.4. The Bertz CT molecular complexity index is 536. The van der Waals surface area contributed by atoms with Crippen molar-refractivity contribution >= 4 is 6.03 Å². The highest BCUT2D eigenvalue weighted by molar-refractivity contribution is 5.74. The molecule has 1 N–H and O–H groups in total. The van der Waals surface area contributed by atoms with Gasteiger partial charge in [-0.2, -0.15) is 0 Å². The van der Waals surface area contributed by atoms with Gasteiger partial charge in [-0.1, -0.05) is 18.1 Å². The highest BCUT2D eigenvalue weighted by atomic mass is 16.5. The van der Waals surface area contributed by atoms with Crippen LogP contribution in [0.3, 0.4) is 0 Å². The molecule has 1 aromatic carbocycles. The second kappa shape index (κ2) is 9.06. The monoisotopic (exact) mass is 316 g/mol. The van der Waals surface area contributed by atoms with Crippen LogP contribution in [0.1, 0.15) is 18.4 Å². The molecule has 1 unspecified atom stereocenters. The summed E-state index contributed by atoms with van der Waals surface area (Å²) in [6.45, 7) is 2.98. The average Bonchev–Trinajstić information content (AvgIpc) is 2.60. The summed E-state index contributed by atoms with van der Waals surface area (Å²) in [5.74, 6) is 3.64. The molecule has 1 aliphatic rings. The van der Waals surface area contributed by atoms with Crippen LogP contribution in [-0.4, -0.2) is 44.3 Å². The summed E-state index contributed by atoms with van der Waals surface area (Å²) in [4.78, 5) is 14.1. The molecule has 0 spiro atoms. The predicted molar refractivity (Wildman–Crippen MR) is 89.2 cm³/mol. The van der Waals surface area contributed by atoms with Crippen molar-refractivity contribution in [3.05, 3.63) is 29.8 Å². The molecule has 1 aromatic rings. The zero-order chi connectivity index (χ0) is 16.5. The Labute approximate surface area is 138 Å². The maximum Gasteiger partial charge on any atom is 0.317 e. The molecule has 2 amide bonds. The minimum absolute atomic E-state index is 0.0255. The maximum absolute atomic E-state index is 12.3. The molecule has 5 nitrogen and oxygen atoms in total. The number of hydrogen-bond donors (Lipinski definition) is 1. The van der Waals surface area contributed by atoms with Crippen molar-refractivity contribution in [2.45, 2.75) is 19.4 Å². The van der Waals surface area contributed by atoms with Gasteiger partial charge in [0.1, 0.15) is 12.4 Å². The Kier molecular flexibility index (Phi) is 6.76. The number of rotatable bonds is 6. The van der Waals surface area contributed by atoms with E-state index >= 15 is 0 Å². The Balaban J connectivity index is 1.76. The Hall–Kier alpha value is -2.19. The van der Waals surface area contributed by atoms with Crippen molar-refractivity contribution in [2.24, 2.45) is 5.92 Å². The lowest BCUT2D eigenvalue weighted by Gasteiger charge is -2.32. The fourth-order valence-electron chi connectivity index (χ4n) is 2.70. The van der Waals surface area contributed by atoms with Crippen molar-refractivity contribution in [1.82, 2.24) is 10.2 Å². The van der Waals surface area contributed by atoms with Crippen LogP contribution >= 0.6 is 0 Å². The number of terminal acetylenes is 1. The largest absolute Gasteiger partial charge is 0.497 e. The van der Waals surface area contributed by atoms with Gasteiger partial charge in [0.05, 0.1) is 13.7 Å². The first-order valence-corrected chi connectivity index (χ1v) is 7.90. The molecule has 0 radical (unpaired) electrons. The molecule has 0 aromatic heterocycles. The highest BCUT2D eigenvalue weighted by Gasteiger charge is 2.23. The highest BCUT2D eigenvalue weighted by Crippen LogP contribution is 2.17. The van der Waals surface area contributed by atoms with Gasteiger partial charge in [-0.3, -0.25) is 0 Å². The van der Waals surface area contributed by atoms with Crippen molar-refractivity contribution in [3.8, 4) is 18.1 Å². The Morgan fingerprint density at radius 2 is 2.22 bits per heavy atom. The summed E-state index contributed by atoms with van der Waals surface area (Å²) in [6.07, 6.45) is 7.25. The van der Waals surface area contributed by atoms with E-state index in [0.717, 1.165) is 37.2 Å². The standard InChI is InChI=1S/C18H24N2O3/c1-3-11-23-14-16-5-4-10-20(13-16)18(21)19-12-15-6-8-17(22-2)9-7-15/h1,6-9,16H,4-5,10-14H2,2H3,(H,19,21). The fourth-order valence-corrected chi connectivity index (χ4v) is 2.70. The van der Waals surface area contributed by atoms with Crippen molar-refractivity contribution < 1.29 is 14.3 Å². The number of carbonyl (C=O) groups excluding carboxylic acids is 1. The average molecular weight is 316 g/mol. The first kappa shape index (κ1) is 17.2. The van der Waals surface area contributed by atoms with E-state index in [-0.39, 0.29) is 6.03 Å². The smallest absolute Gasteiger partial charge is 0.317 e. The molecular weight excluding hydrogens is 292 g/mol. The van der Waals surface area contributed by atoms with E-state index < -0.39 is 0 Å². The number of urea groups is 1. The Morgan fingerprint density at radius 1 is 1.43 bits per heavy atom. The summed E-state index contributed by atoms with van der Waals surface area (Å²) >= 11 is 0. The number of nitrogens with zero attached hydrogens (tertiary/aromatic N) is 1. The van der Waals surface area contributed by atoms with E-state index in [0.29, 0.717) is 25.7 Å². The SMILES string of the molecule is C#CCOCC1CCCN(C(=O)NCc2ccc(OC)cc2)C1. The van der Waals surface area contributed by atoms with Crippen LogP contribution < -0.4 is 10.1 Å². The second-order valence-corrected chi connectivity index (χ2v) is 5.68. The van der Waals surface area contributed by atoms with E-state index in [4.69, 9.17) is 15.9 Å². The van der Waals surface area contributed by atoms with E-state index in [1.165, 1.54) is 0 Å². The minimum Gasteiger partial charge on any atom is -0.497 e. The molecule has 0 aliphatic carbocycles. The number of likely N-dealkylation sites (tertiary alicyclic amines) is 1. The van der Waals surface area contributed by atoms with Gasteiger partial charge in [0.25, 0.3) is 0 Å². The van der Waals surface area contributed by atoms with Crippen molar-refractivity contribution in [3.63, 3.8) is 0 Å².